The normalized spacial score (nSPS) is 9.90. The SMILES string of the molecule is O=C(O)COCC(=O)NC(=O)Nc1cc(Cl)ccc1Br. The zero-order valence-corrected chi connectivity index (χ0v) is 12.3. The molecule has 1 aromatic carbocycles. The van der Waals surface area contributed by atoms with E-state index in [1.165, 1.54) is 6.07 Å². The summed E-state index contributed by atoms with van der Waals surface area (Å²) in [5, 5.41) is 13.1. The largest absolute Gasteiger partial charge is 0.480 e. The number of nitrogens with one attached hydrogen (secondary N) is 2. The number of carbonyl (C=O) groups excluding carboxylic acids is 2. The number of aliphatic carboxylic acids is 1. The molecule has 0 saturated carbocycles. The molecule has 108 valence electrons. The molecule has 0 radical (unpaired) electrons. The van der Waals surface area contributed by atoms with Crippen LogP contribution in [0.15, 0.2) is 22.7 Å². The number of carboxylic acids is 1. The van der Waals surface area contributed by atoms with Crippen LogP contribution in [0.2, 0.25) is 5.02 Å². The number of anilines is 1. The summed E-state index contributed by atoms with van der Waals surface area (Å²) in [6, 6.07) is 3.98. The highest BCUT2D eigenvalue weighted by Gasteiger charge is 2.10. The van der Waals surface area contributed by atoms with Crippen LogP contribution in [0, 0.1) is 0 Å². The van der Waals surface area contributed by atoms with E-state index in [0.29, 0.717) is 15.2 Å². The number of ether oxygens (including phenoxy) is 1. The van der Waals surface area contributed by atoms with Gasteiger partial charge in [0.2, 0.25) is 0 Å². The fourth-order valence-electron chi connectivity index (χ4n) is 1.14. The number of carboxylic acid groups (broad SMARTS) is 1. The third-order valence-corrected chi connectivity index (χ3v) is 2.81. The quantitative estimate of drug-likeness (QED) is 0.738. The maximum absolute atomic E-state index is 11.5. The average molecular weight is 366 g/mol. The Kier molecular flexibility index (Phi) is 6.43. The highest BCUT2D eigenvalue weighted by molar-refractivity contribution is 9.10. The van der Waals surface area contributed by atoms with Crippen LogP contribution >= 0.6 is 27.5 Å². The molecule has 3 amide bonds. The lowest BCUT2D eigenvalue weighted by atomic mass is 10.3. The minimum Gasteiger partial charge on any atom is -0.480 e. The lowest BCUT2D eigenvalue weighted by Crippen LogP contribution is -2.37. The molecule has 1 rings (SSSR count). The van der Waals surface area contributed by atoms with Crippen LogP contribution in [0.4, 0.5) is 10.5 Å². The maximum atomic E-state index is 11.5. The fourth-order valence-corrected chi connectivity index (χ4v) is 1.66. The molecule has 0 aliphatic heterocycles. The van der Waals surface area contributed by atoms with E-state index in [9.17, 15) is 14.4 Å². The molecule has 0 atom stereocenters. The van der Waals surface area contributed by atoms with Gasteiger partial charge in [0.25, 0.3) is 5.91 Å². The third-order valence-electron chi connectivity index (χ3n) is 1.89. The first-order valence-electron chi connectivity index (χ1n) is 5.24. The van der Waals surface area contributed by atoms with E-state index in [4.69, 9.17) is 16.7 Å². The summed E-state index contributed by atoms with van der Waals surface area (Å²) < 4.78 is 5.12. The van der Waals surface area contributed by atoms with E-state index >= 15 is 0 Å². The molecule has 0 heterocycles. The van der Waals surface area contributed by atoms with Crippen LogP contribution in [0.25, 0.3) is 0 Å². The minimum absolute atomic E-state index is 0.384. The van der Waals surface area contributed by atoms with Crippen molar-refractivity contribution in [2.45, 2.75) is 0 Å². The van der Waals surface area contributed by atoms with Gasteiger partial charge in [0.15, 0.2) is 0 Å². The van der Waals surface area contributed by atoms with Crippen LogP contribution in [0.3, 0.4) is 0 Å². The summed E-state index contributed by atoms with van der Waals surface area (Å²) in [6.45, 7) is -1.15. The zero-order valence-electron chi connectivity index (χ0n) is 9.98. The Bertz CT molecular complexity index is 538. The number of hydrogen-bond donors (Lipinski definition) is 3. The zero-order chi connectivity index (χ0) is 15.1. The molecule has 7 nitrogen and oxygen atoms in total. The van der Waals surface area contributed by atoms with Gasteiger partial charge < -0.3 is 15.2 Å². The lowest BCUT2D eigenvalue weighted by Gasteiger charge is -2.08. The van der Waals surface area contributed by atoms with Gasteiger partial charge in [0, 0.05) is 9.50 Å². The van der Waals surface area contributed by atoms with Crippen molar-refractivity contribution in [3.63, 3.8) is 0 Å². The summed E-state index contributed by atoms with van der Waals surface area (Å²) in [5.74, 6) is -1.97. The molecule has 9 heteroatoms. The molecule has 0 fully saturated rings. The monoisotopic (exact) mass is 364 g/mol. The Morgan fingerprint density at radius 2 is 2.00 bits per heavy atom. The number of imide groups is 1. The smallest absolute Gasteiger partial charge is 0.329 e. The molecule has 0 aliphatic rings. The van der Waals surface area contributed by atoms with Gasteiger partial charge in [-0.25, -0.2) is 9.59 Å². The second-order valence-corrected chi connectivity index (χ2v) is 4.80. The van der Waals surface area contributed by atoms with Crippen molar-refractivity contribution in [1.82, 2.24) is 5.32 Å². The second kappa shape index (κ2) is 7.83. The van der Waals surface area contributed by atoms with Gasteiger partial charge in [-0.1, -0.05) is 11.6 Å². The van der Waals surface area contributed by atoms with Crippen molar-refractivity contribution in [3.8, 4) is 0 Å². The molecule has 20 heavy (non-hydrogen) atoms. The molecule has 0 spiro atoms. The highest BCUT2D eigenvalue weighted by Crippen LogP contribution is 2.25. The standard InChI is InChI=1S/C11H10BrClN2O5/c12-7-2-1-6(13)3-8(7)14-11(19)15-9(16)4-20-5-10(17)18/h1-3H,4-5H2,(H,17,18)(H2,14,15,16,19). The second-order valence-electron chi connectivity index (χ2n) is 3.51. The Morgan fingerprint density at radius 3 is 2.65 bits per heavy atom. The van der Waals surface area contributed by atoms with Gasteiger partial charge in [-0.15, -0.1) is 0 Å². The van der Waals surface area contributed by atoms with Gasteiger partial charge in [0.05, 0.1) is 5.69 Å². The summed E-state index contributed by atoms with van der Waals surface area (Å²) >= 11 is 8.98. The van der Waals surface area contributed by atoms with E-state index in [1.807, 2.05) is 5.32 Å². The first-order valence-corrected chi connectivity index (χ1v) is 6.41. The van der Waals surface area contributed by atoms with Crippen molar-refractivity contribution < 1.29 is 24.2 Å². The Labute approximate surface area is 127 Å². The van der Waals surface area contributed by atoms with Gasteiger partial charge in [-0.2, -0.15) is 0 Å². The van der Waals surface area contributed by atoms with Crippen LogP contribution < -0.4 is 10.6 Å². The number of carbonyl (C=O) groups is 3. The van der Waals surface area contributed by atoms with Gasteiger partial charge in [0.1, 0.15) is 13.2 Å². The van der Waals surface area contributed by atoms with Crippen molar-refractivity contribution in [1.29, 1.82) is 0 Å². The number of hydrogen-bond acceptors (Lipinski definition) is 4. The topological polar surface area (TPSA) is 105 Å². The summed E-state index contributed by atoms with van der Waals surface area (Å²) in [7, 11) is 0. The molecular formula is C11H10BrClN2O5. The molecule has 0 aliphatic carbocycles. The molecule has 0 bridgehead atoms. The van der Waals surface area contributed by atoms with Crippen molar-refractivity contribution in [2.24, 2.45) is 0 Å². The molecule has 0 saturated heterocycles. The van der Waals surface area contributed by atoms with Crippen molar-refractivity contribution >= 4 is 51.1 Å². The van der Waals surface area contributed by atoms with Crippen LogP contribution in [-0.2, 0) is 14.3 Å². The summed E-state index contributed by atoms with van der Waals surface area (Å²) in [5.41, 5.74) is 0.384. The van der Waals surface area contributed by atoms with E-state index in [1.54, 1.807) is 12.1 Å². The van der Waals surface area contributed by atoms with E-state index in [0.717, 1.165) is 0 Å². The summed E-state index contributed by atoms with van der Waals surface area (Å²) in [6.07, 6.45) is 0. The van der Waals surface area contributed by atoms with E-state index in [2.05, 4.69) is 26.0 Å². The van der Waals surface area contributed by atoms with Gasteiger partial charge >= 0.3 is 12.0 Å². The summed E-state index contributed by atoms with van der Waals surface area (Å²) in [4.78, 5) is 32.9. The molecular weight excluding hydrogens is 355 g/mol. The third kappa shape index (κ3) is 6.00. The first kappa shape index (κ1) is 16.4. The van der Waals surface area contributed by atoms with Gasteiger partial charge in [-0.05, 0) is 34.1 Å². The van der Waals surface area contributed by atoms with Gasteiger partial charge in [-0.3, -0.25) is 10.1 Å². The molecule has 0 aromatic heterocycles. The average Bonchev–Trinajstić information content (AvgIpc) is 2.33. The van der Waals surface area contributed by atoms with Crippen molar-refractivity contribution in [3.05, 3.63) is 27.7 Å². The van der Waals surface area contributed by atoms with Crippen LogP contribution in [0.1, 0.15) is 0 Å². The molecule has 3 N–H and O–H groups in total. The Hall–Kier alpha value is -1.64. The number of benzene rings is 1. The predicted octanol–water partition coefficient (Wildman–Crippen LogP) is 1.85. The first-order chi connectivity index (χ1) is 9.38. The Morgan fingerprint density at radius 1 is 1.30 bits per heavy atom. The predicted molar refractivity (Wildman–Crippen MR) is 74.8 cm³/mol. The fraction of sp³-hybridized carbons (Fsp3) is 0.182. The van der Waals surface area contributed by atoms with Crippen LogP contribution in [0.5, 0.6) is 0 Å². The number of urea groups is 1. The Balaban J connectivity index is 2.45. The minimum atomic E-state index is -1.20. The van der Waals surface area contributed by atoms with E-state index in [-0.39, 0.29) is 0 Å². The van der Waals surface area contributed by atoms with E-state index < -0.39 is 31.1 Å². The number of rotatable bonds is 5. The maximum Gasteiger partial charge on any atom is 0.329 e. The number of amides is 3. The molecule has 0 unspecified atom stereocenters. The lowest BCUT2D eigenvalue weighted by molar-refractivity contribution is -0.143. The van der Waals surface area contributed by atoms with Crippen LogP contribution in [-0.4, -0.2) is 36.2 Å². The number of halogens is 2. The highest BCUT2D eigenvalue weighted by atomic mass is 79.9. The van der Waals surface area contributed by atoms with Crippen molar-refractivity contribution in [2.75, 3.05) is 18.5 Å². The molecule has 1 aromatic rings.